The van der Waals surface area contributed by atoms with Crippen LogP contribution < -0.4 is 0 Å². The maximum absolute atomic E-state index is 12.7. The fraction of sp³-hybridized carbons (Fsp3) is 0.529. The second-order valence-electron chi connectivity index (χ2n) is 5.92. The van der Waals surface area contributed by atoms with Gasteiger partial charge in [-0.05, 0) is 18.1 Å². The van der Waals surface area contributed by atoms with Crippen LogP contribution in [0.1, 0.15) is 26.6 Å². The average Bonchev–Trinajstić information content (AvgIpc) is 3.03. The van der Waals surface area contributed by atoms with Gasteiger partial charge in [-0.25, -0.2) is 0 Å². The Kier molecular flexibility index (Phi) is 2.97. The van der Waals surface area contributed by atoms with Crippen LogP contribution in [0.2, 0.25) is 0 Å². The number of likely N-dealkylation sites (N-methyl/N-ethyl adjacent to an activating group) is 1. The molecule has 0 saturated carbocycles. The highest BCUT2D eigenvalue weighted by Gasteiger charge is 2.40. The van der Waals surface area contributed by atoms with Crippen LogP contribution in [-0.2, 0) is 20.0 Å². The number of para-hydroxylation sites is 1. The van der Waals surface area contributed by atoms with E-state index in [9.17, 15) is 4.57 Å². The van der Waals surface area contributed by atoms with Gasteiger partial charge in [0.05, 0.1) is 34.9 Å². The van der Waals surface area contributed by atoms with E-state index in [2.05, 4.69) is 4.98 Å². The zero-order chi connectivity index (χ0) is 21.5. The maximum Gasteiger partial charge on any atom is 0.335 e. The fourth-order valence-electron chi connectivity index (χ4n) is 2.96. The van der Waals surface area contributed by atoms with Crippen molar-refractivity contribution in [3.8, 4) is 0 Å². The van der Waals surface area contributed by atoms with E-state index < -0.39 is 32.3 Å². The topological polar surface area (TPSA) is 51.3 Å². The van der Waals surface area contributed by atoms with Crippen LogP contribution in [0.4, 0.5) is 0 Å². The van der Waals surface area contributed by atoms with Crippen LogP contribution in [-0.4, -0.2) is 49.5 Å². The summed E-state index contributed by atoms with van der Waals surface area (Å²) in [5.41, 5.74) is 1.71. The van der Waals surface area contributed by atoms with Crippen molar-refractivity contribution < 1.29 is 26.3 Å². The second kappa shape index (κ2) is 6.40. The number of hydrogen-bond acceptors (Lipinski definition) is 3. The minimum atomic E-state index is -3.53. The number of benzene rings is 1. The zero-order valence-electron chi connectivity index (χ0n) is 19.1. The van der Waals surface area contributed by atoms with Gasteiger partial charge in [-0.3, -0.25) is 9.09 Å². The van der Waals surface area contributed by atoms with Crippen LogP contribution in [0.15, 0.2) is 30.5 Å². The van der Waals surface area contributed by atoms with E-state index in [0.717, 1.165) is 16.5 Å². The summed E-state index contributed by atoms with van der Waals surface area (Å²) in [4.78, 5) is 3.12. The van der Waals surface area contributed by atoms with Crippen molar-refractivity contribution >= 4 is 18.5 Å². The molecule has 1 aromatic carbocycles. The molecular weight excluding hydrogens is 311 g/mol. The van der Waals surface area contributed by atoms with E-state index in [1.807, 2.05) is 24.3 Å². The smallest absolute Gasteiger partial charge is 0.335 e. The number of aromatic amines is 1. The molecule has 1 saturated heterocycles. The van der Waals surface area contributed by atoms with Crippen LogP contribution in [0.5, 0.6) is 0 Å². The number of aromatic nitrogens is 1. The van der Waals surface area contributed by atoms with Gasteiger partial charge in [0, 0.05) is 37.1 Å². The van der Waals surface area contributed by atoms with Crippen molar-refractivity contribution in [2.45, 2.75) is 25.5 Å². The first kappa shape index (κ1) is 10.7. The summed E-state index contributed by atoms with van der Waals surface area (Å²) in [6, 6.07) is 7.55. The molecule has 0 spiro atoms. The molecule has 1 aliphatic rings. The third-order valence-electron chi connectivity index (χ3n) is 4.34. The van der Waals surface area contributed by atoms with Crippen molar-refractivity contribution in [3.05, 3.63) is 36.0 Å². The van der Waals surface area contributed by atoms with Gasteiger partial charge in [-0.2, -0.15) is 0 Å². The predicted molar refractivity (Wildman–Crippen MR) is 92.6 cm³/mol. The highest BCUT2D eigenvalue weighted by atomic mass is 31.2. The Labute approximate surface area is 146 Å². The minimum absolute atomic E-state index is 0.143. The quantitative estimate of drug-likeness (QED) is 0.664. The van der Waals surface area contributed by atoms with Crippen molar-refractivity contribution in [3.63, 3.8) is 0 Å². The molecule has 3 rings (SSSR count). The number of nitrogens with zero attached hydrogens (tertiary/aromatic N) is 1. The molecule has 2 aromatic rings. The predicted octanol–water partition coefficient (Wildman–Crippen LogP) is 3.76. The monoisotopic (exact) mass is 343 g/mol. The third-order valence-corrected chi connectivity index (χ3v) is 6.33. The standard InChI is InChI=1S/C17H26N2O3P/c1-19(2,17-9-6-12-23(20,21-3)22-17)11-10-14-13-18-16-8-5-4-7-15(14)16/h4-5,7-8,13,17-18H,6,9-12H2,1-3H3/q+1/i1D3,2D3. The van der Waals surface area contributed by atoms with Crippen LogP contribution in [0.3, 0.4) is 0 Å². The van der Waals surface area contributed by atoms with Crippen LogP contribution in [0, 0.1) is 0 Å². The fourth-order valence-corrected chi connectivity index (χ4v) is 4.55. The number of rotatable bonds is 5. The molecule has 2 unspecified atom stereocenters. The highest BCUT2D eigenvalue weighted by molar-refractivity contribution is 7.53. The van der Waals surface area contributed by atoms with Crippen molar-refractivity contribution in [1.82, 2.24) is 4.98 Å². The molecule has 1 fully saturated rings. The Bertz CT molecular complexity index is 896. The molecule has 0 amide bonds. The summed E-state index contributed by atoms with van der Waals surface area (Å²) in [6.07, 6.45) is 1.38. The van der Waals surface area contributed by atoms with E-state index in [0.29, 0.717) is 6.42 Å². The molecule has 1 aromatic heterocycles. The Balaban J connectivity index is 2.02. The molecule has 2 heterocycles. The van der Waals surface area contributed by atoms with Crippen LogP contribution in [0.25, 0.3) is 10.9 Å². The van der Waals surface area contributed by atoms with Crippen molar-refractivity contribution in [2.75, 3.05) is 33.8 Å². The highest BCUT2D eigenvalue weighted by Crippen LogP contribution is 2.53. The Morgan fingerprint density at radius 2 is 2.30 bits per heavy atom. The first-order valence-electron chi connectivity index (χ1n) is 10.7. The molecule has 126 valence electrons. The van der Waals surface area contributed by atoms with Gasteiger partial charge < -0.3 is 14.0 Å². The Morgan fingerprint density at radius 3 is 3.09 bits per heavy atom. The van der Waals surface area contributed by atoms with Gasteiger partial charge in [0.25, 0.3) is 0 Å². The van der Waals surface area contributed by atoms with Gasteiger partial charge in [0.1, 0.15) is 0 Å². The average molecular weight is 343 g/mol. The molecule has 5 nitrogen and oxygen atoms in total. The SMILES string of the molecule is [2H]C([2H])([2H])[N+](CCc1c[nH]c2ccccc12)(C1CCCP(=O)(OC)O1)C([2H])([2H])[2H]. The second-order valence-corrected chi connectivity index (χ2v) is 8.17. The van der Waals surface area contributed by atoms with Crippen molar-refractivity contribution in [1.29, 1.82) is 0 Å². The first-order valence-corrected chi connectivity index (χ1v) is 9.42. The largest absolute Gasteiger partial charge is 0.361 e. The first-order chi connectivity index (χ1) is 13.4. The van der Waals surface area contributed by atoms with Crippen molar-refractivity contribution in [2.24, 2.45) is 0 Å². The lowest BCUT2D eigenvalue weighted by Crippen LogP contribution is -2.52. The number of fused-ring (bicyclic) bond motifs is 1. The molecule has 0 bridgehead atoms. The summed E-state index contributed by atoms with van der Waals surface area (Å²) < 4.78 is 70.8. The molecule has 0 aliphatic carbocycles. The molecule has 0 radical (unpaired) electrons. The molecule has 2 atom stereocenters. The van der Waals surface area contributed by atoms with Gasteiger partial charge in [0.15, 0.2) is 0 Å². The summed E-state index contributed by atoms with van der Waals surface area (Å²) >= 11 is 0. The minimum Gasteiger partial charge on any atom is -0.361 e. The molecular formula is C17H26N2O3P+. The zero-order valence-corrected chi connectivity index (χ0v) is 14.0. The normalized spacial score (nSPS) is 30.7. The Hall–Kier alpha value is -1.13. The van der Waals surface area contributed by atoms with E-state index >= 15 is 0 Å². The lowest BCUT2D eigenvalue weighted by Gasteiger charge is -2.41. The van der Waals surface area contributed by atoms with E-state index in [-0.39, 0.29) is 25.5 Å². The summed E-state index contributed by atoms with van der Waals surface area (Å²) in [5.74, 6) is 0. The van der Waals surface area contributed by atoms with E-state index in [1.54, 1.807) is 6.20 Å². The molecule has 1 N–H and O–H groups in total. The van der Waals surface area contributed by atoms with E-state index in [1.165, 1.54) is 7.11 Å². The van der Waals surface area contributed by atoms with Gasteiger partial charge >= 0.3 is 7.60 Å². The maximum atomic E-state index is 12.7. The third kappa shape index (κ3) is 3.53. The lowest BCUT2D eigenvalue weighted by atomic mass is 10.1. The lowest BCUT2D eigenvalue weighted by molar-refractivity contribution is -0.934. The number of nitrogens with one attached hydrogen (secondary N) is 1. The number of quaternary nitrogens is 1. The summed E-state index contributed by atoms with van der Waals surface area (Å²) in [5, 5.41) is 0.911. The Morgan fingerprint density at radius 1 is 1.48 bits per heavy atom. The summed E-state index contributed by atoms with van der Waals surface area (Å²) in [7, 11) is -2.30. The molecule has 23 heavy (non-hydrogen) atoms. The molecule has 6 heteroatoms. The van der Waals surface area contributed by atoms with Crippen LogP contribution >= 0.6 is 7.60 Å². The van der Waals surface area contributed by atoms with Gasteiger partial charge in [-0.15, -0.1) is 0 Å². The molecule has 1 aliphatic heterocycles. The van der Waals surface area contributed by atoms with Gasteiger partial charge in [-0.1, -0.05) is 18.2 Å². The summed E-state index contributed by atoms with van der Waals surface area (Å²) in [6.45, 7) is -6.03. The number of H-pyrrole nitrogens is 1. The number of hydrogen-bond donors (Lipinski definition) is 1. The van der Waals surface area contributed by atoms with E-state index in [4.69, 9.17) is 17.3 Å². The van der Waals surface area contributed by atoms with Gasteiger partial charge in [0.2, 0.25) is 6.23 Å².